The molecule has 2 amide bonds. The monoisotopic (exact) mass is 307 g/mol. The molecule has 120 valence electrons. The number of ether oxygens (including phenoxy) is 1. The molecular formula is C15H21N3O4. The van der Waals surface area contributed by atoms with Gasteiger partial charge in [0.1, 0.15) is 6.10 Å². The molecule has 22 heavy (non-hydrogen) atoms. The van der Waals surface area contributed by atoms with Crippen molar-refractivity contribution in [1.29, 1.82) is 0 Å². The number of aliphatic hydroxyl groups is 1. The molecule has 0 saturated carbocycles. The van der Waals surface area contributed by atoms with E-state index in [9.17, 15) is 9.59 Å². The molecular weight excluding hydrogens is 286 g/mol. The molecule has 1 aromatic rings. The number of aliphatic hydroxyl groups excluding tert-OH is 1. The van der Waals surface area contributed by atoms with Gasteiger partial charge in [-0.15, -0.1) is 0 Å². The van der Waals surface area contributed by atoms with Crippen LogP contribution in [0.25, 0.3) is 0 Å². The van der Waals surface area contributed by atoms with Crippen molar-refractivity contribution in [3.05, 3.63) is 29.8 Å². The fourth-order valence-corrected chi connectivity index (χ4v) is 2.12. The molecule has 1 heterocycles. The van der Waals surface area contributed by atoms with Gasteiger partial charge in [-0.2, -0.15) is 0 Å². The Bertz CT molecular complexity index is 530. The molecule has 7 nitrogen and oxygen atoms in total. The highest BCUT2D eigenvalue weighted by Crippen LogP contribution is 2.21. The summed E-state index contributed by atoms with van der Waals surface area (Å²) in [4.78, 5) is 27.1. The number of hydrogen-bond donors (Lipinski definition) is 2. The van der Waals surface area contributed by atoms with Crippen LogP contribution in [0.1, 0.15) is 10.4 Å². The van der Waals surface area contributed by atoms with Crippen molar-refractivity contribution >= 4 is 17.7 Å². The molecule has 7 heteroatoms. The summed E-state index contributed by atoms with van der Waals surface area (Å²) in [5.41, 5.74) is 1.18. The van der Waals surface area contributed by atoms with Crippen molar-refractivity contribution in [1.82, 2.24) is 10.2 Å². The van der Waals surface area contributed by atoms with E-state index < -0.39 is 12.2 Å². The predicted octanol–water partition coefficient (Wildman–Crippen LogP) is 0.296. The van der Waals surface area contributed by atoms with Crippen molar-refractivity contribution in [2.45, 2.75) is 6.10 Å². The number of hydrogen-bond acceptors (Lipinski definition) is 5. The van der Waals surface area contributed by atoms with Crippen LogP contribution < -0.4 is 10.2 Å². The van der Waals surface area contributed by atoms with Crippen LogP contribution in [0.15, 0.2) is 24.3 Å². The molecule has 1 fully saturated rings. The maximum atomic E-state index is 12.0. The van der Waals surface area contributed by atoms with Crippen molar-refractivity contribution < 1.29 is 19.4 Å². The lowest BCUT2D eigenvalue weighted by atomic mass is 10.2. The third-order valence-corrected chi connectivity index (χ3v) is 3.36. The Balaban J connectivity index is 1.95. The molecule has 1 aliphatic heterocycles. The van der Waals surface area contributed by atoms with Crippen molar-refractivity contribution in [3.63, 3.8) is 0 Å². The predicted molar refractivity (Wildman–Crippen MR) is 82.0 cm³/mol. The van der Waals surface area contributed by atoms with Gasteiger partial charge in [-0.1, -0.05) is 0 Å². The van der Waals surface area contributed by atoms with Gasteiger partial charge >= 0.3 is 6.09 Å². The van der Waals surface area contributed by atoms with E-state index in [-0.39, 0.29) is 12.5 Å². The zero-order chi connectivity index (χ0) is 16.1. The van der Waals surface area contributed by atoms with Gasteiger partial charge in [-0.05, 0) is 38.4 Å². The summed E-state index contributed by atoms with van der Waals surface area (Å²) in [6.45, 7) is 1.45. The molecule has 2 N–H and O–H groups in total. The zero-order valence-corrected chi connectivity index (χ0v) is 12.8. The number of carbonyl (C=O) groups is 2. The lowest BCUT2D eigenvalue weighted by Gasteiger charge is -2.14. The minimum Gasteiger partial charge on any atom is -0.441 e. The highest BCUT2D eigenvalue weighted by Gasteiger charge is 2.31. The average Bonchev–Trinajstić information content (AvgIpc) is 2.88. The third kappa shape index (κ3) is 3.96. The van der Waals surface area contributed by atoms with E-state index in [1.807, 2.05) is 19.0 Å². The first kappa shape index (κ1) is 16.3. The summed E-state index contributed by atoms with van der Waals surface area (Å²) >= 11 is 0. The average molecular weight is 307 g/mol. The van der Waals surface area contributed by atoms with Crippen LogP contribution in [0, 0.1) is 0 Å². The standard InChI is InChI=1S/C15H21N3O4/c1-17(2)8-7-16-14(20)11-3-5-12(6-4-11)18-9-13(10-19)22-15(18)21/h3-6,13,19H,7-10H2,1-2H3,(H,16,20). The lowest BCUT2D eigenvalue weighted by Crippen LogP contribution is -2.31. The molecule has 1 atom stereocenters. The Morgan fingerprint density at radius 1 is 1.41 bits per heavy atom. The molecule has 0 bridgehead atoms. The summed E-state index contributed by atoms with van der Waals surface area (Å²) < 4.78 is 4.98. The number of nitrogens with one attached hydrogen (secondary N) is 1. The largest absolute Gasteiger partial charge is 0.441 e. The Morgan fingerprint density at radius 2 is 2.09 bits per heavy atom. The maximum absolute atomic E-state index is 12.0. The number of carbonyl (C=O) groups excluding carboxylic acids is 2. The molecule has 1 aliphatic rings. The number of benzene rings is 1. The second-order valence-corrected chi connectivity index (χ2v) is 5.40. The fourth-order valence-electron chi connectivity index (χ4n) is 2.12. The van der Waals surface area contributed by atoms with Gasteiger partial charge in [0.05, 0.1) is 13.2 Å². The van der Waals surface area contributed by atoms with Crippen LogP contribution >= 0.6 is 0 Å². The summed E-state index contributed by atoms with van der Waals surface area (Å²) in [6, 6.07) is 6.73. The topological polar surface area (TPSA) is 82.1 Å². The molecule has 0 aliphatic carbocycles. The Labute approximate surface area is 129 Å². The van der Waals surface area contributed by atoms with Gasteiger partial charge in [-0.3, -0.25) is 9.69 Å². The molecule has 0 spiro atoms. The van der Waals surface area contributed by atoms with Crippen LogP contribution in [0.3, 0.4) is 0 Å². The van der Waals surface area contributed by atoms with Gasteiger partial charge in [-0.25, -0.2) is 4.79 Å². The Kier molecular flexibility index (Phi) is 5.35. The van der Waals surface area contributed by atoms with Gasteiger partial charge in [0.2, 0.25) is 0 Å². The minimum atomic E-state index is -0.499. The van der Waals surface area contributed by atoms with E-state index >= 15 is 0 Å². The summed E-state index contributed by atoms with van der Waals surface area (Å²) in [6.07, 6.45) is -0.983. The number of rotatable bonds is 6. The van der Waals surface area contributed by atoms with Crippen LogP contribution in [0.5, 0.6) is 0 Å². The summed E-state index contributed by atoms with van der Waals surface area (Å²) in [5, 5.41) is 11.9. The van der Waals surface area contributed by atoms with Crippen molar-refractivity contribution in [2.24, 2.45) is 0 Å². The quantitative estimate of drug-likeness (QED) is 0.790. The Hall–Kier alpha value is -2.12. The third-order valence-electron chi connectivity index (χ3n) is 3.36. The molecule has 0 radical (unpaired) electrons. The lowest BCUT2D eigenvalue weighted by molar-refractivity contribution is 0.0950. The molecule has 2 rings (SSSR count). The van der Waals surface area contributed by atoms with E-state index in [1.165, 1.54) is 4.90 Å². The normalized spacial score (nSPS) is 17.7. The first-order valence-corrected chi connectivity index (χ1v) is 7.13. The molecule has 1 aromatic carbocycles. The molecule has 1 unspecified atom stereocenters. The SMILES string of the molecule is CN(C)CCNC(=O)c1ccc(N2CC(CO)OC2=O)cc1. The first-order chi connectivity index (χ1) is 10.5. The maximum Gasteiger partial charge on any atom is 0.414 e. The van der Waals surface area contributed by atoms with Crippen molar-refractivity contribution in [2.75, 3.05) is 45.2 Å². The Morgan fingerprint density at radius 3 is 2.64 bits per heavy atom. The first-order valence-electron chi connectivity index (χ1n) is 7.13. The number of cyclic esters (lactones) is 1. The smallest absolute Gasteiger partial charge is 0.414 e. The number of anilines is 1. The minimum absolute atomic E-state index is 0.148. The van der Waals surface area contributed by atoms with E-state index in [0.29, 0.717) is 24.3 Å². The van der Waals surface area contributed by atoms with Gasteiger partial charge in [0, 0.05) is 24.3 Å². The van der Waals surface area contributed by atoms with Crippen LogP contribution in [0.2, 0.25) is 0 Å². The number of likely N-dealkylation sites (N-methyl/N-ethyl adjacent to an activating group) is 1. The van der Waals surface area contributed by atoms with Gasteiger partial charge in [0.15, 0.2) is 0 Å². The fraction of sp³-hybridized carbons (Fsp3) is 0.467. The zero-order valence-electron chi connectivity index (χ0n) is 12.8. The van der Waals surface area contributed by atoms with Crippen LogP contribution in [-0.2, 0) is 4.74 Å². The summed E-state index contributed by atoms with van der Waals surface area (Å²) in [7, 11) is 3.88. The van der Waals surface area contributed by atoms with Crippen LogP contribution in [0.4, 0.5) is 10.5 Å². The summed E-state index contributed by atoms with van der Waals surface area (Å²) in [5.74, 6) is -0.148. The highest BCUT2D eigenvalue weighted by atomic mass is 16.6. The number of amides is 2. The van der Waals surface area contributed by atoms with E-state index in [4.69, 9.17) is 9.84 Å². The van der Waals surface area contributed by atoms with Gasteiger partial charge in [0.25, 0.3) is 5.91 Å². The molecule has 0 aromatic heterocycles. The second-order valence-electron chi connectivity index (χ2n) is 5.40. The van der Waals surface area contributed by atoms with Crippen molar-refractivity contribution in [3.8, 4) is 0 Å². The van der Waals surface area contributed by atoms with E-state index in [0.717, 1.165) is 6.54 Å². The van der Waals surface area contributed by atoms with Gasteiger partial charge < -0.3 is 20.1 Å². The number of nitrogens with zero attached hydrogens (tertiary/aromatic N) is 2. The van der Waals surface area contributed by atoms with Crippen LogP contribution in [-0.4, -0.2) is 68.4 Å². The highest BCUT2D eigenvalue weighted by molar-refractivity contribution is 5.95. The van der Waals surface area contributed by atoms with E-state index in [2.05, 4.69) is 5.32 Å². The van der Waals surface area contributed by atoms with E-state index in [1.54, 1.807) is 24.3 Å². The molecule has 1 saturated heterocycles. The second kappa shape index (κ2) is 7.24.